The molecule has 4 rings (SSSR count). The quantitative estimate of drug-likeness (QED) is 0.788. The van der Waals surface area contributed by atoms with E-state index in [1.54, 1.807) is 4.31 Å². The van der Waals surface area contributed by atoms with Crippen LogP contribution in [-0.4, -0.2) is 49.3 Å². The monoisotopic (exact) mass is 376 g/mol. The van der Waals surface area contributed by atoms with Gasteiger partial charge in [-0.15, -0.1) is 0 Å². The van der Waals surface area contributed by atoms with Gasteiger partial charge in [-0.1, -0.05) is 43.2 Å². The molecule has 5 heteroatoms. The molecule has 1 aliphatic carbocycles. The highest BCUT2D eigenvalue weighted by molar-refractivity contribution is 7.88. The molecule has 0 bridgehead atoms. The minimum Gasteiger partial charge on any atom is -0.296 e. The molecule has 1 aromatic rings. The van der Waals surface area contributed by atoms with Crippen LogP contribution in [0.4, 0.5) is 0 Å². The van der Waals surface area contributed by atoms with Crippen molar-refractivity contribution in [1.82, 2.24) is 9.21 Å². The van der Waals surface area contributed by atoms with E-state index in [-0.39, 0.29) is 11.3 Å². The lowest BCUT2D eigenvalue weighted by Crippen LogP contribution is -2.57. The van der Waals surface area contributed by atoms with E-state index in [2.05, 4.69) is 4.90 Å². The Bertz CT molecular complexity index is 700. The molecule has 1 aromatic carbocycles. The van der Waals surface area contributed by atoms with E-state index in [4.69, 9.17) is 0 Å². The molecular formula is C21H32N2O2S. The Balaban J connectivity index is 1.47. The third kappa shape index (κ3) is 3.85. The van der Waals surface area contributed by atoms with Gasteiger partial charge >= 0.3 is 0 Å². The molecule has 0 N–H and O–H groups in total. The maximum atomic E-state index is 13.1. The van der Waals surface area contributed by atoms with Crippen molar-refractivity contribution in [3.05, 3.63) is 35.9 Å². The van der Waals surface area contributed by atoms with Crippen LogP contribution in [0, 0.1) is 5.92 Å². The first-order valence-corrected chi connectivity index (χ1v) is 12.0. The molecule has 2 heterocycles. The van der Waals surface area contributed by atoms with E-state index < -0.39 is 10.0 Å². The van der Waals surface area contributed by atoms with E-state index >= 15 is 0 Å². The molecule has 3 fully saturated rings. The van der Waals surface area contributed by atoms with Crippen molar-refractivity contribution in [2.24, 2.45) is 5.92 Å². The van der Waals surface area contributed by atoms with Gasteiger partial charge in [0.25, 0.3) is 0 Å². The Labute approximate surface area is 158 Å². The van der Waals surface area contributed by atoms with Crippen molar-refractivity contribution >= 4 is 10.0 Å². The standard InChI is InChI=1S/C21H32N2O2S/c24-26(25,17-20-10-2-1-3-11-20)23-15-7-13-21(18-23)12-6-14-22(21)16-19-8-4-5-9-19/h1-3,10-11,19H,4-9,12-18H2/t21-/m0/s1. The van der Waals surface area contributed by atoms with Crippen LogP contribution in [-0.2, 0) is 15.8 Å². The third-order valence-electron chi connectivity index (χ3n) is 6.80. The Morgan fingerprint density at radius 3 is 2.38 bits per heavy atom. The number of rotatable bonds is 5. The summed E-state index contributed by atoms with van der Waals surface area (Å²) in [5.41, 5.74) is 0.992. The number of piperidine rings is 1. The zero-order chi connectivity index (χ0) is 18.0. The summed E-state index contributed by atoms with van der Waals surface area (Å²) in [7, 11) is -3.24. The topological polar surface area (TPSA) is 40.6 Å². The normalized spacial score (nSPS) is 28.9. The van der Waals surface area contributed by atoms with Gasteiger partial charge in [-0.05, 0) is 56.6 Å². The van der Waals surface area contributed by atoms with Crippen molar-refractivity contribution in [2.75, 3.05) is 26.2 Å². The molecule has 144 valence electrons. The molecule has 2 saturated heterocycles. The van der Waals surface area contributed by atoms with E-state index in [9.17, 15) is 8.42 Å². The summed E-state index contributed by atoms with van der Waals surface area (Å²) in [6, 6.07) is 9.61. The fourth-order valence-electron chi connectivity index (χ4n) is 5.43. The second kappa shape index (κ2) is 7.61. The molecule has 26 heavy (non-hydrogen) atoms. The van der Waals surface area contributed by atoms with Crippen LogP contribution in [0.2, 0.25) is 0 Å². The molecular weight excluding hydrogens is 344 g/mol. The van der Waals surface area contributed by atoms with Crippen molar-refractivity contribution in [3.8, 4) is 0 Å². The highest BCUT2D eigenvalue weighted by Gasteiger charge is 2.46. The second-order valence-corrected chi connectivity index (χ2v) is 10.6. The van der Waals surface area contributed by atoms with Crippen molar-refractivity contribution in [1.29, 1.82) is 0 Å². The minimum atomic E-state index is -3.24. The first-order valence-electron chi connectivity index (χ1n) is 10.3. The predicted molar refractivity (Wildman–Crippen MR) is 105 cm³/mol. The smallest absolute Gasteiger partial charge is 0.218 e. The summed E-state index contributed by atoms with van der Waals surface area (Å²) in [5, 5.41) is 0. The number of benzene rings is 1. The van der Waals surface area contributed by atoms with E-state index in [0.29, 0.717) is 13.1 Å². The Hall–Kier alpha value is -0.910. The lowest BCUT2D eigenvalue weighted by molar-refractivity contribution is 0.0614. The largest absolute Gasteiger partial charge is 0.296 e. The molecule has 2 aliphatic heterocycles. The average Bonchev–Trinajstić information content (AvgIpc) is 3.27. The van der Waals surface area contributed by atoms with Crippen LogP contribution in [0.5, 0.6) is 0 Å². The van der Waals surface area contributed by atoms with E-state index in [1.807, 2.05) is 30.3 Å². The zero-order valence-corrected chi connectivity index (χ0v) is 16.6. The average molecular weight is 377 g/mol. The number of hydrogen-bond donors (Lipinski definition) is 0. The van der Waals surface area contributed by atoms with Gasteiger partial charge in [0.05, 0.1) is 5.75 Å². The lowest BCUT2D eigenvalue weighted by atomic mass is 9.87. The molecule has 0 aromatic heterocycles. The summed E-state index contributed by atoms with van der Waals surface area (Å²) in [4.78, 5) is 2.67. The summed E-state index contributed by atoms with van der Waals surface area (Å²) in [6.07, 6.45) is 10.0. The van der Waals surface area contributed by atoms with Gasteiger partial charge in [0.2, 0.25) is 10.0 Å². The summed E-state index contributed by atoms with van der Waals surface area (Å²) >= 11 is 0. The van der Waals surface area contributed by atoms with Crippen LogP contribution in [0.1, 0.15) is 56.9 Å². The SMILES string of the molecule is O=S(=O)(Cc1ccccc1)N1CCC[C@@]2(CCCN2CC2CCCC2)C1. The molecule has 0 radical (unpaired) electrons. The number of likely N-dealkylation sites (tertiary alicyclic amines) is 1. The second-order valence-electron chi connectivity index (χ2n) is 8.60. The van der Waals surface area contributed by atoms with Crippen molar-refractivity contribution in [3.63, 3.8) is 0 Å². The maximum Gasteiger partial charge on any atom is 0.218 e. The number of sulfonamides is 1. The van der Waals surface area contributed by atoms with Crippen molar-refractivity contribution < 1.29 is 8.42 Å². The first-order chi connectivity index (χ1) is 12.6. The molecule has 3 aliphatic rings. The molecule has 0 amide bonds. The number of nitrogens with zero attached hydrogens (tertiary/aromatic N) is 2. The maximum absolute atomic E-state index is 13.1. The van der Waals surface area contributed by atoms with E-state index in [0.717, 1.165) is 37.3 Å². The van der Waals surface area contributed by atoms with Gasteiger partial charge in [-0.3, -0.25) is 4.90 Å². The van der Waals surface area contributed by atoms with Crippen LogP contribution in [0.25, 0.3) is 0 Å². The Kier molecular flexibility index (Phi) is 5.40. The minimum absolute atomic E-state index is 0.102. The zero-order valence-electron chi connectivity index (χ0n) is 15.8. The van der Waals surface area contributed by atoms with Crippen molar-refractivity contribution in [2.45, 2.75) is 62.7 Å². The predicted octanol–water partition coefficient (Wildman–Crippen LogP) is 3.64. The van der Waals surface area contributed by atoms with Gasteiger partial charge in [-0.25, -0.2) is 8.42 Å². The molecule has 0 unspecified atom stereocenters. The molecule has 1 atom stereocenters. The fourth-order valence-corrected chi connectivity index (χ4v) is 7.07. The summed E-state index contributed by atoms with van der Waals surface area (Å²) < 4.78 is 27.9. The summed E-state index contributed by atoms with van der Waals surface area (Å²) in [6.45, 7) is 3.73. The van der Waals surface area contributed by atoms with Crippen LogP contribution < -0.4 is 0 Å². The van der Waals surface area contributed by atoms with Gasteiger partial charge < -0.3 is 0 Å². The Morgan fingerprint density at radius 2 is 1.65 bits per heavy atom. The highest BCUT2D eigenvalue weighted by atomic mass is 32.2. The fraction of sp³-hybridized carbons (Fsp3) is 0.714. The first kappa shape index (κ1) is 18.5. The molecule has 4 nitrogen and oxygen atoms in total. The number of hydrogen-bond acceptors (Lipinski definition) is 3. The van der Waals surface area contributed by atoms with Gasteiger partial charge in [-0.2, -0.15) is 4.31 Å². The van der Waals surface area contributed by atoms with Crippen LogP contribution in [0.15, 0.2) is 30.3 Å². The van der Waals surface area contributed by atoms with Gasteiger partial charge in [0.1, 0.15) is 0 Å². The highest BCUT2D eigenvalue weighted by Crippen LogP contribution is 2.40. The van der Waals surface area contributed by atoms with Gasteiger partial charge in [0, 0.05) is 25.2 Å². The van der Waals surface area contributed by atoms with Gasteiger partial charge in [0.15, 0.2) is 0 Å². The molecule has 1 spiro atoms. The van der Waals surface area contributed by atoms with Crippen LogP contribution in [0.3, 0.4) is 0 Å². The lowest BCUT2D eigenvalue weighted by Gasteiger charge is -2.46. The van der Waals surface area contributed by atoms with Crippen LogP contribution >= 0.6 is 0 Å². The Morgan fingerprint density at radius 1 is 0.962 bits per heavy atom. The summed E-state index contributed by atoms with van der Waals surface area (Å²) in [5.74, 6) is 0.966. The molecule has 1 saturated carbocycles. The third-order valence-corrected chi connectivity index (χ3v) is 8.60. The van der Waals surface area contributed by atoms with E-state index in [1.165, 1.54) is 38.6 Å².